The van der Waals surface area contributed by atoms with Crippen LogP contribution < -0.4 is 0 Å². The SMILES string of the molecule is CO[C@H]1O[C@@H]2CO[C@H]1[C@@H]2N=[N+]=[N-]. The average molecular weight is 171 g/mol. The fourth-order valence-corrected chi connectivity index (χ4v) is 1.61. The van der Waals surface area contributed by atoms with Crippen LogP contribution in [0.15, 0.2) is 5.11 Å². The lowest BCUT2D eigenvalue weighted by atomic mass is 10.2. The molecule has 2 heterocycles. The standard InChI is InChI=1S/C6H9N3O3/c1-10-6-5-4(8-9-7)3(12-6)2-11-5/h3-6H,2H2,1H3/t3-,4-,5+,6+/m1/s1. The van der Waals surface area contributed by atoms with Crippen molar-refractivity contribution in [3.8, 4) is 0 Å². The molecule has 0 aromatic rings. The maximum Gasteiger partial charge on any atom is 0.184 e. The van der Waals surface area contributed by atoms with Crippen molar-refractivity contribution in [1.29, 1.82) is 0 Å². The molecule has 2 rings (SSSR count). The van der Waals surface area contributed by atoms with Crippen LogP contribution in [0, 0.1) is 0 Å². The molecule has 66 valence electrons. The van der Waals surface area contributed by atoms with E-state index in [2.05, 4.69) is 10.0 Å². The van der Waals surface area contributed by atoms with Crippen molar-refractivity contribution in [2.75, 3.05) is 13.7 Å². The Balaban J connectivity index is 2.13. The minimum Gasteiger partial charge on any atom is -0.370 e. The van der Waals surface area contributed by atoms with Crippen molar-refractivity contribution in [2.45, 2.75) is 24.5 Å². The molecule has 2 bridgehead atoms. The highest BCUT2D eigenvalue weighted by atomic mass is 16.7. The van der Waals surface area contributed by atoms with Crippen LogP contribution in [0.2, 0.25) is 0 Å². The Hall–Kier alpha value is -0.810. The molecule has 2 aliphatic heterocycles. The lowest BCUT2D eigenvalue weighted by Crippen LogP contribution is -2.31. The molecule has 0 amide bonds. The van der Waals surface area contributed by atoms with Crippen LogP contribution in [-0.4, -0.2) is 38.3 Å². The smallest absolute Gasteiger partial charge is 0.184 e. The van der Waals surface area contributed by atoms with Crippen LogP contribution in [0.25, 0.3) is 10.4 Å². The van der Waals surface area contributed by atoms with Gasteiger partial charge in [0.15, 0.2) is 6.29 Å². The molecule has 2 saturated heterocycles. The van der Waals surface area contributed by atoms with Crippen molar-refractivity contribution >= 4 is 0 Å². The van der Waals surface area contributed by atoms with E-state index >= 15 is 0 Å². The van der Waals surface area contributed by atoms with Gasteiger partial charge in [-0.25, -0.2) is 0 Å². The molecule has 0 radical (unpaired) electrons. The first-order valence-corrected chi connectivity index (χ1v) is 3.71. The zero-order valence-corrected chi connectivity index (χ0v) is 6.58. The summed E-state index contributed by atoms with van der Waals surface area (Å²) in [6, 6.07) is -0.222. The van der Waals surface area contributed by atoms with E-state index in [-0.39, 0.29) is 24.5 Å². The fourth-order valence-electron chi connectivity index (χ4n) is 1.61. The van der Waals surface area contributed by atoms with Crippen molar-refractivity contribution in [3.63, 3.8) is 0 Å². The highest BCUT2D eigenvalue weighted by Gasteiger charge is 2.50. The number of fused-ring (bicyclic) bond motifs is 2. The number of hydrogen-bond donors (Lipinski definition) is 0. The summed E-state index contributed by atoms with van der Waals surface area (Å²) >= 11 is 0. The molecule has 0 aromatic heterocycles. The monoisotopic (exact) mass is 171 g/mol. The predicted octanol–water partition coefficient (Wildman–Crippen LogP) is 0.435. The molecule has 0 unspecified atom stereocenters. The quantitative estimate of drug-likeness (QED) is 0.343. The maximum atomic E-state index is 8.26. The molecule has 0 spiro atoms. The van der Waals surface area contributed by atoms with Gasteiger partial charge in [-0.2, -0.15) is 0 Å². The van der Waals surface area contributed by atoms with Gasteiger partial charge in [-0.1, -0.05) is 5.11 Å². The molecular weight excluding hydrogens is 162 g/mol. The lowest BCUT2D eigenvalue weighted by molar-refractivity contribution is -0.202. The first-order chi connectivity index (χ1) is 5.86. The van der Waals surface area contributed by atoms with Gasteiger partial charge in [0.2, 0.25) is 0 Å². The van der Waals surface area contributed by atoms with Crippen LogP contribution in [0.3, 0.4) is 0 Å². The summed E-state index contributed by atoms with van der Waals surface area (Å²) in [6.45, 7) is 0.494. The van der Waals surface area contributed by atoms with Gasteiger partial charge in [0.05, 0.1) is 18.8 Å². The second-order valence-electron chi connectivity index (χ2n) is 2.77. The number of azide groups is 1. The minimum atomic E-state index is -0.376. The first-order valence-electron chi connectivity index (χ1n) is 3.71. The van der Waals surface area contributed by atoms with Crippen LogP contribution in [0.1, 0.15) is 0 Å². The molecule has 0 aliphatic carbocycles. The third-order valence-corrected chi connectivity index (χ3v) is 2.16. The topological polar surface area (TPSA) is 76.5 Å². The zero-order valence-electron chi connectivity index (χ0n) is 6.58. The number of methoxy groups -OCH3 is 1. The van der Waals surface area contributed by atoms with Crippen molar-refractivity contribution in [3.05, 3.63) is 10.4 Å². The molecule has 0 aromatic carbocycles. The number of ether oxygens (including phenoxy) is 3. The summed E-state index contributed by atoms with van der Waals surface area (Å²) in [6.07, 6.45) is -0.731. The molecule has 12 heavy (non-hydrogen) atoms. The molecule has 6 nitrogen and oxygen atoms in total. The van der Waals surface area contributed by atoms with Gasteiger partial charge < -0.3 is 14.2 Å². The number of hydrogen-bond acceptors (Lipinski definition) is 4. The van der Waals surface area contributed by atoms with E-state index in [1.165, 1.54) is 0 Å². The van der Waals surface area contributed by atoms with Gasteiger partial charge in [0.25, 0.3) is 0 Å². The summed E-state index contributed by atoms with van der Waals surface area (Å²) in [5.41, 5.74) is 8.26. The van der Waals surface area contributed by atoms with Crippen LogP contribution in [0.4, 0.5) is 0 Å². The Morgan fingerprint density at radius 3 is 3.08 bits per heavy atom. The highest BCUT2D eigenvalue weighted by molar-refractivity contribution is 4.98. The highest BCUT2D eigenvalue weighted by Crippen LogP contribution is 2.33. The molecule has 0 saturated carbocycles. The van der Waals surface area contributed by atoms with Crippen LogP contribution >= 0.6 is 0 Å². The number of rotatable bonds is 2. The second-order valence-corrected chi connectivity index (χ2v) is 2.77. The minimum absolute atomic E-state index is 0.129. The molecular formula is C6H9N3O3. The number of nitrogens with zero attached hydrogens (tertiary/aromatic N) is 3. The normalized spacial score (nSPS) is 44.4. The molecule has 2 aliphatic rings. The third kappa shape index (κ3) is 0.971. The van der Waals surface area contributed by atoms with Gasteiger partial charge in [0, 0.05) is 12.0 Å². The molecule has 2 fully saturated rings. The lowest BCUT2D eigenvalue weighted by Gasteiger charge is -2.20. The molecule has 6 heteroatoms. The van der Waals surface area contributed by atoms with Crippen molar-refractivity contribution in [1.82, 2.24) is 0 Å². The van der Waals surface area contributed by atoms with E-state index in [0.717, 1.165) is 0 Å². The molecule has 0 N–H and O–H groups in total. The van der Waals surface area contributed by atoms with Gasteiger partial charge in [0.1, 0.15) is 6.10 Å². The van der Waals surface area contributed by atoms with Gasteiger partial charge in [-0.05, 0) is 5.53 Å². The second kappa shape index (κ2) is 2.91. The van der Waals surface area contributed by atoms with Gasteiger partial charge >= 0.3 is 0 Å². The van der Waals surface area contributed by atoms with Crippen LogP contribution in [-0.2, 0) is 14.2 Å². The Bertz CT molecular complexity index is 228. The predicted molar refractivity (Wildman–Crippen MR) is 38.3 cm³/mol. The average Bonchev–Trinajstić information content (AvgIpc) is 2.63. The van der Waals surface area contributed by atoms with Crippen molar-refractivity contribution < 1.29 is 14.2 Å². The summed E-state index contributed by atoms with van der Waals surface area (Å²) in [5.74, 6) is 0. The van der Waals surface area contributed by atoms with E-state index in [1.54, 1.807) is 7.11 Å². The van der Waals surface area contributed by atoms with Gasteiger partial charge in [-0.15, -0.1) is 0 Å². The summed E-state index contributed by atoms with van der Waals surface area (Å²) in [5, 5.41) is 3.60. The maximum absolute atomic E-state index is 8.26. The molecule has 4 atom stereocenters. The van der Waals surface area contributed by atoms with Crippen LogP contribution in [0.5, 0.6) is 0 Å². The summed E-state index contributed by atoms with van der Waals surface area (Å²) < 4.78 is 15.7. The Kier molecular flexibility index (Phi) is 1.90. The Labute approximate surface area is 69.0 Å². The summed E-state index contributed by atoms with van der Waals surface area (Å²) in [7, 11) is 1.54. The zero-order chi connectivity index (χ0) is 8.55. The first kappa shape index (κ1) is 7.82. The van der Waals surface area contributed by atoms with Crippen molar-refractivity contribution in [2.24, 2.45) is 5.11 Å². The van der Waals surface area contributed by atoms with Gasteiger partial charge in [-0.3, -0.25) is 0 Å². The van der Waals surface area contributed by atoms with E-state index in [9.17, 15) is 0 Å². The van der Waals surface area contributed by atoms with E-state index in [1.807, 2.05) is 0 Å². The Morgan fingerprint density at radius 1 is 1.67 bits per heavy atom. The van der Waals surface area contributed by atoms with E-state index in [4.69, 9.17) is 19.7 Å². The largest absolute Gasteiger partial charge is 0.370 e. The third-order valence-electron chi connectivity index (χ3n) is 2.16. The van der Waals surface area contributed by atoms with E-state index < -0.39 is 0 Å². The summed E-state index contributed by atoms with van der Waals surface area (Å²) in [4.78, 5) is 2.74. The van der Waals surface area contributed by atoms with E-state index in [0.29, 0.717) is 6.61 Å². The fraction of sp³-hybridized carbons (Fsp3) is 1.00. The Morgan fingerprint density at radius 2 is 2.50 bits per heavy atom.